The Bertz CT molecular complexity index is 321. The monoisotopic (exact) mass is 220 g/mol. The first kappa shape index (κ1) is 11.4. The fourth-order valence-corrected chi connectivity index (χ4v) is 2.30. The summed E-state index contributed by atoms with van der Waals surface area (Å²) in [5.41, 5.74) is 1.20. The Labute approximate surface area is 97.2 Å². The second kappa shape index (κ2) is 5.85. The van der Waals surface area contributed by atoms with E-state index in [0.717, 1.165) is 12.3 Å². The van der Waals surface area contributed by atoms with Gasteiger partial charge >= 0.3 is 0 Å². The van der Waals surface area contributed by atoms with Gasteiger partial charge < -0.3 is 10.1 Å². The summed E-state index contributed by atoms with van der Waals surface area (Å²) >= 11 is 0. The summed E-state index contributed by atoms with van der Waals surface area (Å²) in [6.07, 6.45) is 10.4. The van der Waals surface area contributed by atoms with E-state index in [0.29, 0.717) is 6.04 Å². The Kier molecular flexibility index (Phi) is 4.17. The standard InChI is InChI=1S/C13H20N2O/c1-16-13-10-14-8-7-11(13)9-15-12-5-3-2-4-6-12/h7-8,10,12,15H,2-6,9H2,1H3. The third-order valence-electron chi connectivity index (χ3n) is 3.28. The lowest BCUT2D eigenvalue weighted by molar-refractivity contribution is 0.365. The van der Waals surface area contributed by atoms with Crippen LogP contribution in [0.3, 0.4) is 0 Å². The molecule has 0 aromatic carbocycles. The third kappa shape index (κ3) is 2.95. The minimum absolute atomic E-state index is 0.687. The summed E-state index contributed by atoms with van der Waals surface area (Å²) in [4.78, 5) is 4.06. The van der Waals surface area contributed by atoms with Gasteiger partial charge in [-0.15, -0.1) is 0 Å². The predicted octanol–water partition coefficient (Wildman–Crippen LogP) is 2.51. The van der Waals surface area contributed by atoms with Crippen LogP contribution in [0.15, 0.2) is 18.5 Å². The zero-order chi connectivity index (χ0) is 11.2. The first-order valence-corrected chi connectivity index (χ1v) is 6.10. The lowest BCUT2D eigenvalue weighted by Gasteiger charge is -2.23. The van der Waals surface area contributed by atoms with Crippen LogP contribution in [0.5, 0.6) is 5.75 Å². The molecule has 1 aliphatic rings. The molecule has 2 rings (SSSR count). The molecular weight excluding hydrogens is 200 g/mol. The van der Waals surface area contributed by atoms with E-state index in [-0.39, 0.29) is 0 Å². The summed E-state index contributed by atoms with van der Waals surface area (Å²) in [5, 5.41) is 3.60. The largest absolute Gasteiger partial charge is 0.495 e. The zero-order valence-electron chi connectivity index (χ0n) is 9.91. The molecule has 0 bridgehead atoms. The molecule has 1 aromatic rings. The van der Waals surface area contributed by atoms with Gasteiger partial charge in [0.2, 0.25) is 0 Å². The lowest BCUT2D eigenvalue weighted by Crippen LogP contribution is -2.30. The minimum atomic E-state index is 0.687. The van der Waals surface area contributed by atoms with E-state index in [4.69, 9.17) is 4.74 Å². The van der Waals surface area contributed by atoms with Gasteiger partial charge in [0.25, 0.3) is 0 Å². The molecule has 1 heterocycles. The predicted molar refractivity (Wildman–Crippen MR) is 64.5 cm³/mol. The van der Waals surface area contributed by atoms with E-state index >= 15 is 0 Å². The van der Waals surface area contributed by atoms with Gasteiger partial charge in [0, 0.05) is 24.3 Å². The maximum absolute atomic E-state index is 5.28. The van der Waals surface area contributed by atoms with Gasteiger partial charge in [0.15, 0.2) is 0 Å². The maximum Gasteiger partial charge on any atom is 0.141 e. The van der Waals surface area contributed by atoms with E-state index in [9.17, 15) is 0 Å². The van der Waals surface area contributed by atoms with Crippen LogP contribution >= 0.6 is 0 Å². The number of hydrogen-bond donors (Lipinski definition) is 1. The average Bonchev–Trinajstić information content (AvgIpc) is 2.38. The van der Waals surface area contributed by atoms with Gasteiger partial charge in [-0.1, -0.05) is 19.3 Å². The molecule has 1 aliphatic carbocycles. The molecule has 1 saturated carbocycles. The van der Waals surface area contributed by atoms with Crippen LogP contribution < -0.4 is 10.1 Å². The van der Waals surface area contributed by atoms with E-state index in [2.05, 4.69) is 10.3 Å². The van der Waals surface area contributed by atoms with Gasteiger partial charge in [0.1, 0.15) is 5.75 Å². The van der Waals surface area contributed by atoms with Crippen molar-refractivity contribution >= 4 is 0 Å². The molecule has 0 atom stereocenters. The molecule has 0 aliphatic heterocycles. The topological polar surface area (TPSA) is 34.1 Å². The van der Waals surface area contributed by atoms with Gasteiger partial charge in [-0.2, -0.15) is 0 Å². The van der Waals surface area contributed by atoms with Crippen LogP contribution in [0.2, 0.25) is 0 Å². The van der Waals surface area contributed by atoms with Crippen molar-refractivity contribution in [3.8, 4) is 5.75 Å². The lowest BCUT2D eigenvalue weighted by atomic mass is 9.95. The molecule has 0 unspecified atom stereocenters. The van der Waals surface area contributed by atoms with E-state index in [1.807, 2.05) is 12.3 Å². The van der Waals surface area contributed by atoms with Crippen LogP contribution in [0.4, 0.5) is 0 Å². The first-order valence-electron chi connectivity index (χ1n) is 6.10. The molecule has 88 valence electrons. The van der Waals surface area contributed by atoms with Gasteiger partial charge in [-0.25, -0.2) is 0 Å². The van der Waals surface area contributed by atoms with E-state index < -0.39 is 0 Å². The molecule has 3 heteroatoms. The highest BCUT2D eigenvalue weighted by Gasteiger charge is 2.13. The molecule has 1 fully saturated rings. The number of pyridine rings is 1. The van der Waals surface area contributed by atoms with Crippen LogP contribution in [-0.2, 0) is 6.54 Å². The number of ether oxygens (including phenoxy) is 1. The van der Waals surface area contributed by atoms with Crippen LogP contribution in [-0.4, -0.2) is 18.1 Å². The summed E-state index contributed by atoms with van der Waals surface area (Å²) < 4.78 is 5.28. The van der Waals surface area contributed by atoms with Crippen molar-refractivity contribution in [3.05, 3.63) is 24.0 Å². The minimum Gasteiger partial charge on any atom is -0.495 e. The number of aromatic nitrogens is 1. The van der Waals surface area contributed by atoms with Crippen molar-refractivity contribution in [2.75, 3.05) is 7.11 Å². The zero-order valence-corrected chi connectivity index (χ0v) is 9.91. The normalized spacial score (nSPS) is 17.3. The Balaban J connectivity index is 1.88. The quantitative estimate of drug-likeness (QED) is 0.846. The fourth-order valence-electron chi connectivity index (χ4n) is 2.30. The van der Waals surface area contributed by atoms with Crippen molar-refractivity contribution in [1.29, 1.82) is 0 Å². The third-order valence-corrected chi connectivity index (χ3v) is 3.28. The first-order chi connectivity index (χ1) is 7.90. The second-order valence-corrected chi connectivity index (χ2v) is 4.40. The number of rotatable bonds is 4. The molecule has 0 amide bonds. The molecule has 3 nitrogen and oxygen atoms in total. The maximum atomic E-state index is 5.28. The highest BCUT2D eigenvalue weighted by atomic mass is 16.5. The molecule has 1 aromatic heterocycles. The molecule has 0 saturated heterocycles. The Morgan fingerprint density at radius 2 is 2.19 bits per heavy atom. The molecule has 16 heavy (non-hydrogen) atoms. The van der Waals surface area contributed by atoms with Crippen molar-refractivity contribution in [2.24, 2.45) is 0 Å². The van der Waals surface area contributed by atoms with Crippen molar-refractivity contribution < 1.29 is 4.74 Å². The Morgan fingerprint density at radius 1 is 1.38 bits per heavy atom. The van der Waals surface area contributed by atoms with Gasteiger partial charge in [-0.05, 0) is 18.9 Å². The highest BCUT2D eigenvalue weighted by Crippen LogP contribution is 2.20. The Hall–Kier alpha value is -1.09. The fraction of sp³-hybridized carbons (Fsp3) is 0.615. The van der Waals surface area contributed by atoms with Crippen LogP contribution in [0, 0.1) is 0 Å². The van der Waals surface area contributed by atoms with E-state index in [1.165, 1.54) is 37.7 Å². The number of hydrogen-bond acceptors (Lipinski definition) is 3. The molecule has 0 radical (unpaired) electrons. The van der Waals surface area contributed by atoms with Crippen molar-refractivity contribution in [2.45, 2.75) is 44.7 Å². The van der Waals surface area contributed by atoms with Crippen molar-refractivity contribution in [3.63, 3.8) is 0 Å². The number of methoxy groups -OCH3 is 1. The van der Waals surface area contributed by atoms with Crippen LogP contribution in [0.1, 0.15) is 37.7 Å². The summed E-state index contributed by atoms with van der Waals surface area (Å²) in [6, 6.07) is 2.71. The summed E-state index contributed by atoms with van der Waals surface area (Å²) in [5.74, 6) is 0.880. The van der Waals surface area contributed by atoms with Crippen LogP contribution in [0.25, 0.3) is 0 Å². The van der Waals surface area contributed by atoms with Gasteiger partial charge in [-0.3, -0.25) is 4.98 Å². The molecule has 0 spiro atoms. The second-order valence-electron chi connectivity index (χ2n) is 4.40. The summed E-state index contributed by atoms with van der Waals surface area (Å²) in [6.45, 7) is 0.885. The smallest absolute Gasteiger partial charge is 0.141 e. The van der Waals surface area contributed by atoms with Crippen molar-refractivity contribution in [1.82, 2.24) is 10.3 Å². The SMILES string of the molecule is COc1cnccc1CNC1CCCCC1. The summed E-state index contributed by atoms with van der Waals surface area (Å²) in [7, 11) is 1.70. The highest BCUT2D eigenvalue weighted by molar-refractivity contribution is 5.29. The molecule has 1 N–H and O–H groups in total. The Morgan fingerprint density at radius 3 is 2.94 bits per heavy atom. The number of nitrogens with one attached hydrogen (secondary N) is 1. The molecular formula is C13H20N2O. The van der Waals surface area contributed by atoms with E-state index in [1.54, 1.807) is 13.3 Å². The number of nitrogens with zero attached hydrogens (tertiary/aromatic N) is 1. The average molecular weight is 220 g/mol. The van der Waals surface area contributed by atoms with Gasteiger partial charge in [0.05, 0.1) is 13.3 Å².